The average molecular weight is 366 g/mol. The summed E-state index contributed by atoms with van der Waals surface area (Å²) < 4.78 is 1.86. The quantitative estimate of drug-likeness (QED) is 0.771. The van der Waals surface area contributed by atoms with Crippen LogP contribution in [0.15, 0.2) is 53.9 Å². The summed E-state index contributed by atoms with van der Waals surface area (Å²) in [6.07, 6.45) is 1.68. The lowest BCUT2D eigenvalue weighted by Crippen LogP contribution is -2.48. The van der Waals surface area contributed by atoms with Gasteiger partial charge in [0.2, 0.25) is 0 Å². The lowest BCUT2D eigenvalue weighted by Gasteiger charge is -2.35. The van der Waals surface area contributed by atoms with Gasteiger partial charge >= 0.3 is 0 Å². The third-order valence-electron chi connectivity index (χ3n) is 4.88. The zero-order valence-corrected chi connectivity index (χ0v) is 15.5. The second-order valence-electron chi connectivity index (χ2n) is 6.77. The molecule has 3 heterocycles. The van der Waals surface area contributed by atoms with Gasteiger partial charge in [-0.1, -0.05) is 24.3 Å². The number of piperidine rings is 1. The largest absolute Gasteiger partial charge is 0.334 e. The fraction of sp³-hybridized carbons (Fsp3) is 0.300. The van der Waals surface area contributed by atoms with Gasteiger partial charge in [0.25, 0.3) is 5.91 Å². The number of likely N-dealkylation sites (tertiary alicyclic amines) is 1. The molecule has 26 heavy (non-hydrogen) atoms. The summed E-state index contributed by atoms with van der Waals surface area (Å²) in [4.78, 5) is 16.1. The Kier molecular flexibility index (Phi) is 4.61. The number of nitrogens with zero attached hydrogens (tertiary/aromatic N) is 3. The number of para-hydroxylation sites is 1. The Morgan fingerprint density at radius 2 is 2.04 bits per heavy atom. The molecule has 5 nitrogen and oxygen atoms in total. The Morgan fingerprint density at radius 3 is 2.73 bits per heavy atom. The fourth-order valence-corrected chi connectivity index (χ4v) is 4.24. The number of hydrogen-bond donors (Lipinski definition) is 1. The second kappa shape index (κ2) is 7.05. The highest BCUT2D eigenvalue weighted by molar-refractivity contribution is 7.13. The van der Waals surface area contributed by atoms with Crippen LogP contribution in [-0.2, 0) is 0 Å². The van der Waals surface area contributed by atoms with Gasteiger partial charge < -0.3 is 10.6 Å². The number of aromatic nitrogens is 2. The van der Waals surface area contributed by atoms with E-state index in [1.54, 1.807) is 11.3 Å². The number of hydrogen-bond acceptors (Lipinski definition) is 4. The standard InChI is InChI=1S/C20H22N4OS/c1-14-12-15(21)9-10-23(14)20(25)17-13-18(19-8-5-11-26-19)24(22-17)16-6-3-2-4-7-16/h2-8,11,13-15H,9-10,12,21H2,1H3/t14-,15-/m0/s1. The minimum atomic E-state index is -0.0168. The van der Waals surface area contributed by atoms with E-state index in [1.807, 2.05) is 57.4 Å². The minimum Gasteiger partial charge on any atom is -0.334 e. The zero-order chi connectivity index (χ0) is 18.1. The van der Waals surface area contributed by atoms with Crippen molar-refractivity contribution >= 4 is 17.2 Å². The number of carbonyl (C=O) groups is 1. The van der Waals surface area contributed by atoms with Crippen LogP contribution in [-0.4, -0.2) is 39.2 Å². The van der Waals surface area contributed by atoms with E-state index >= 15 is 0 Å². The molecule has 134 valence electrons. The highest BCUT2D eigenvalue weighted by atomic mass is 32.1. The van der Waals surface area contributed by atoms with Crippen molar-refractivity contribution < 1.29 is 4.79 Å². The van der Waals surface area contributed by atoms with E-state index in [9.17, 15) is 4.79 Å². The normalized spacial score (nSPS) is 20.3. The van der Waals surface area contributed by atoms with Gasteiger partial charge in [0.1, 0.15) is 0 Å². The molecule has 0 aliphatic carbocycles. The summed E-state index contributed by atoms with van der Waals surface area (Å²) >= 11 is 1.64. The van der Waals surface area contributed by atoms with Crippen LogP contribution in [0.1, 0.15) is 30.3 Å². The molecule has 0 radical (unpaired) electrons. The van der Waals surface area contributed by atoms with Crippen LogP contribution >= 0.6 is 11.3 Å². The monoisotopic (exact) mass is 366 g/mol. The number of benzene rings is 1. The van der Waals surface area contributed by atoms with Gasteiger partial charge in [-0.2, -0.15) is 5.10 Å². The lowest BCUT2D eigenvalue weighted by atomic mass is 9.99. The van der Waals surface area contributed by atoms with Crippen LogP contribution in [0.3, 0.4) is 0 Å². The summed E-state index contributed by atoms with van der Waals surface area (Å²) in [5, 5.41) is 6.70. The molecule has 2 N–H and O–H groups in total. The SMILES string of the molecule is C[C@H]1C[C@@H](N)CCN1C(=O)c1cc(-c2cccs2)n(-c2ccccc2)n1. The number of rotatable bonds is 3. The fourth-order valence-electron chi connectivity index (χ4n) is 3.51. The van der Waals surface area contributed by atoms with Crippen LogP contribution < -0.4 is 5.73 Å². The molecule has 2 aromatic heterocycles. The molecule has 3 aromatic rings. The van der Waals surface area contributed by atoms with E-state index in [0.29, 0.717) is 12.2 Å². The Bertz CT molecular complexity index is 888. The van der Waals surface area contributed by atoms with Gasteiger partial charge in [0.15, 0.2) is 5.69 Å². The van der Waals surface area contributed by atoms with Crippen LogP contribution in [0.25, 0.3) is 16.3 Å². The molecule has 1 saturated heterocycles. The number of amides is 1. The van der Waals surface area contributed by atoms with E-state index < -0.39 is 0 Å². The minimum absolute atomic E-state index is 0.0168. The molecule has 4 rings (SSSR count). The first kappa shape index (κ1) is 17.0. The molecule has 0 bridgehead atoms. The highest BCUT2D eigenvalue weighted by Crippen LogP contribution is 2.29. The van der Waals surface area contributed by atoms with Crippen LogP contribution in [0, 0.1) is 0 Å². The van der Waals surface area contributed by atoms with Gasteiger partial charge in [-0.05, 0) is 49.4 Å². The van der Waals surface area contributed by atoms with Crippen molar-refractivity contribution in [2.24, 2.45) is 5.73 Å². The van der Waals surface area contributed by atoms with Gasteiger partial charge in [-0.15, -0.1) is 11.3 Å². The highest BCUT2D eigenvalue weighted by Gasteiger charge is 2.30. The summed E-state index contributed by atoms with van der Waals surface area (Å²) in [5.41, 5.74) is 8.41. The molecular weight excluding hydrogens is 344 g/mol. The average Bonchev–Trinajstić information content (AvgIpc) is 3.31. The molecule has 1 aromatic carbocycles. The van der Waals surface area contributed by atoms with E-state index in [2.05, 4.69) is 18.1 Å². The number of carbonyl (C=O) groups excluding carboxylic acids is 1. The van der Waals surface area contributed by atoms with Gasteiger partial charge in [-0.3, -0.25) is 4.79 Å². The van der Waals surface area contributed by atoms with Crippen molar-refractivity contribution in [2.75, 3.05) is 6.54 Å². The first-order valence-electron chi connectivity index (χ1n) is 8.89. The Hall–Kier alpha value is -2.44. The van der Waals surface area contributed by atoms with Crippen molar-refractivity contribution in [2.45, 2.75) is 31.8 Å². The molecule has 1 aliphatic rings. The lowest BCUT2D eigenvalue weighted by molar-refractivity contribution is 0.0612. The molecule has 6 heteroatoms. The number of nitrogens with two attached hydrogens (primary N) is 1. The first-order valence-corrected chi connectivity index (χ1v) is 9.77. The van der Waals surface area contributed by atoms with Crippen molar-refractivity contribution in [3.63, 3.8) is 0 Å². The number of thiophene rings is 1. The van der Waals surface area contributed by atoms with Crippen molar-refractivity contribution in [1.82, 2.24) is 14.7 Å². The van der Waals surface area contributed by atoms with E-state index in [-0.39, 0.29) is 18.0 Å². The maximum Gasteiger partial charge on any atom is 0.274 e. The van der Waals surface area contributed by atoms with Crippen LogP contribution in [0.2, 0.25) is 0 Å². The van der Waals surface area contributed by atoms with Crippen LogP contribution in [0.5, 0.6) is 0 Å². The molecule has 0 spiro atoms. The van der Waals surface area contributed by atoms with Gasteiger partial charge in [-0.25, -0.2) is 4.68 Å². The Labute approximate surface area is 157 Å². The summed E-state index contributed by atoms with van der Waals surface area (Å²) in [6.45, 7) is 2.75. The predicted molar refractivity (Wildman–Crippen MR) is 105 cm³/mol. The molecule has 0 saturated carbocycles. The zero-order valence-electron chi connectivity index (χ0n) is 14.7. The molecule has 1 amide bonds. The molecule has 1 fully saturated rings. The maximum absolute atomic E-state index is 13.1. The third-order valence-corrected chi connectivity index (χ3v) is 5.77. The van der Waals surface area contributed by atoms with Gasteiger partial charge in [0.05, 0.1) is 16.3 Å². The first-order chi connectivity index (χ1) is 12.6. The summed E-state index contributed by atoms with van der Waals surface area (Å²) in [5.74, 6) is -0.0168. The second-order valence-corrected chi connectivity index (χ2v) is 7.72. The van der Waals surface area contributed by atoms with E-state index in [0.717, 1.165) is 29.1 Å². The topological polar surface area (TPSA) is 64.2 Å². The smallest absolute Gasteiger partial charge is 0.274 e. The van der Waals surface area contributed by atoms with Crippen molar-refractivity contribution in [3.8, 4) is 16.3 Å². The van der Waals surface area contributed by atoms with E-state index in [4.69, 9.17) is 5.73 Å². The van der Waals surface area contributed by atoms with Crippen LogP contribution in [0.4, 0.5) is 0 Å². The molecule has 1 aliphatic heterocycles. The molecule has 0 unspecified atom stereocenters. The summed E-state index contributed by atoms with van der Waals surface area (Å²) in [6, 6.07) is 16.2. The van der Waals surface area contributed by atoms with E-state index in [1.165, 1.54) is 0 Å². The molecular formula is C20H22N4OS. The third kappa shape index (κ3) is 3.18. The molecule has 2 atom stereocenters. The van der Waals surface area contributed by atoms with Crippen molar-refractivity contribution in [3.05, 3.63) is 59.6 Å². The Balaban J connectivity index is 1.73. The predicted octanol–water partition coefficient (Wildman–Crippen LogP) is 3.55. The Morgan fingerprint density at radius 1 is 1.23 bits per heavy atom. The van der Waals surface area contributed by atoms with Crippen molar-refractivity contribution in [1.29, 1.82) is 0 Å². The summed E-state index contributed by atoms with van der Waals surface area (Å²) in [7, 11) is 0. The van der Waals surface area contributed by atoms with Gasteiger partial charge in [0, 0.05) is 18.6 Å². The maximum atomic E-state index is 13.1.